The molecule has 1 heterocycles. The molecule has 3 heteroatoms. The molecule has 1 aromatic heterocycles. The zero-order valence-corrected chi connectivity index (χ0v) is 13.8. The lowest BCUT2D eigenvalue weighted by molar-refractivity contribution is 0.469. The maximum absolute atomic E-state index is 4.64. The Kier molecular flexibility index (Phi) is 4.95. The van der Waals surface area contributed by atoms with E-state index in [0.717, 1.165) is 11.4 Å². The number of benzene rings is 1. The van der Waals surface area contributed by atoms with Crippen molar-refractivity contribution in [2.45, 2.75) is 53.1 Å². The van der Waals surface area contributed by atoms with Crippen LogP contribution in [-0.4, -0.2) is 11.0 Å². The van der Waals surface area contributed by atoms with Gasteiger partial charge in [-0.1, -0.05) is 24.3 Å². The van der Waals surface area contributed by atoms with Gasteiger partial charge in [-0.25, -0.2) is 4.98 Å². The van der Waals surface area contributed by atoms with E-state index in [1.807, 2.05) is 0 Å². The second-order valence-electron chi connectivity index (χ2n) is 5.59. The fourth-order valence-electron chi connectivity index (χ4n) is 2.68. The van der Waals surface area contributed by atoms with Gasteiger partial charge in [0, 0.05) is 17.0 Å². The molecule has 0 aliphatic heterocycles. The summed E-state index contributed by atoms with van der Waals surface area (Å²) in [5.41, 5.74) is 3.99. The van der Waals surface area contributed by atoms with Gasteiger partial charge in [0.1, 0.15) is 0 Å². The molecule has 0 aliphatic rings. The molecule has 0 saturated heterocycles. The summed E-state index contributed by atoms with van der Waals surface area (Å²) in [5.74, 6) is 0. The van der Waals surface area contributed by atoms with Gasteiger partial charge in [0.15, 0.2) is 0 Å². The number of rotatable bonds is 5. The topological polar surface area (TPSA) is 24.9 Å². The minimum absolute atomic E-state index is 0.305. The first-order chi connectivity index (χ1) is 9.47. The van der Waals surface area contributed by atoms with Crippen LogP contribution in [0.2, 0.25) is 0 Å². The molecule has 0 bridgehead atoms. The molecule has 1 N–H and O–H groups in total. The summed E-state index contributed by atoms with van der Waals surface area (Å²) in [4.78, 5) is 5.97. The second-order valence-corrected chi connectivity index (χ2v) is 7.00. The molecular weight excluding hydrogens is 264 g/mol. The Morgan fingerprint density at radius 2 is 1.85 bits per heavy atom. The van der Waals surface area contributed by atoms with Crippen LogP contribution in [0.4, 0.5) is 0 Å². The third-order valence-corrected chi connectivity index (χ3v) is 4.57. The minimum atomic E-state index is 0.305. The van der Waals surface area contributed by atoms with E-state index in [9.17, 15) is 0 Å². The van der Waals surface area contributed by atoms with Crippen LogP contribution >= 0.6 is 11.3 Å². The number of thiazole rings is 1. The molecule has 2 nitrogen and oxygen atoms in total. The van der Waals surface area contributed by atoms with Crippen LogP contribution in [0.1, 0.15) is 46.6 Å². The molecule has 1 aromatic carbocycles. The number of nitrogens with one attached hydrogen (secondary N) is 1. The first kappa shape index (κ1) is 15.2. The molecule has 20 heavy (non-hydrogen) atoms. The number of nitrogens with zero attached hydrogens (tertiary/aromatic N) is 1. The number of aromatic nitrogens is 1. The zero-order chi connectivity index (χ0) is 14.7. The number of aryl methyl sites for hydroxylation is 3. The Morgan fingerprint density at radius 1 is 1.15 bits per heavy atom. The van der Waals surface area contributed by atoms with Gasteiger partial charge >= 0.3 is 0 Å². The molecule has 0 saturated carbocycles. The highest BCUT2D eigenvalue weighted by Crippen LogP contribution is 2.23. The van der Waals surface area contributed by atoms with E-state index in [-0.39, 0.29) is 0 Å². The fraction of sp³-hybridized carbons (Fsp3) is 0.471. The van der Waals surface area contributed by atoms with Gasteiger partial charge in [-0.15, -0.1) is 11.3 Å². The van der Waals surface area contributed by atoms with Crippen molar-refractivity contribution in [2.75, 3.05) is 0 Å². The summed E-state index contributed by atoms with van der Waals surface area (Å²) in [6.45, 7) is 10.9. The van der Waals surface area contributed by atoms with Crippen LogP contribution in [0.15, 0.2) is 24.3 Å². The molecular formula is C17H24N2S. The summed E-state index contributed by atoms with van der Waals surface area (Å²) < 4.78 is 0. The van der Waals surface area contributed by atoms with Gasteiger partial charge in [0.05, 0.1) is 10.7 Å². The fourth-order valence-corrected chi connectivity index (χ4v) is 3.59. The molecule has 0 fully saturated rings. The average molecular weight is 288 g/mol. The first-order valence-electron chi connectivity index (χ1n) is 7.22. The lowest BCUT2D eigenvalue weighted by atomic mass is 10.0. The molecule has 2 unspecified atom stereocenters. The number of hydrogen-bond donors (Lipinski definition) is 1. The predicted molar refractivity (Wildman–Crippen MR) is 87.5 cm³/mol. The van der Waals surface area contributed by atoms with Gasteiger partial charge in [-0.05, 0) is 52.2 Å². The number of hydrogen-bond acceptors (Lipinski definition) is 3. The SMILES string of the molecule is Cc1nc(C(C)NC(C)Cc2ccccc2C)c(C)s1. The Hall–Kier alpha value is -1.19. The monoisotopic (exact) mass is 288 g/mol. The molecule has 0 radical (unpaired) electrons. The quantitative estimate of drug-likeness (QED) is 0.884. The van der Waals surface area contributed by atoms with Gasteiger partial charge in [0.25, 0.3) is 0 Å². The Morgan fingerprint density at radius 3 is 2.45 bits per heavy atom. The van der Waals surface area contributed by atoms with E-state index in [4.69, 9.17) is 0 Å². The van der Waals surface area contributed by atoms with Crippen molar-refractivity contribution in [3.05, 3.63) is 51.0 Å². The van der Waals surface area contributed by atoms with Crippen molar-refractivity contribution in [2.24, 2.45) is 0 Å². The highest BCUT2D eigenvalue weighted by molar-refractivity contribution is 7.11. The van der Waals surface area contributed by atoms with Gasteiger partial charge in [-0.3, -0.25) is 0 Å². The molecule has 2 rings (SSSR count). The summed E-state index contributed by atoms with van der Waals surface area (Å²) in [5, 5.41) is 4.82. The average Bonchev–Trinajstić information content (AvgIpc) is 2.71. The van der Waals surface area contributed by atoms with E-state index < -0.39 is 0 Å². The van der Waals surface area contributed by atoms with E-state index in [0.29, 0.717) is 12.1 Å². The van der Waals surface area contributed by atoms with Crippen LogP contribution in [0, 0.1) is 20.8 Å². The molecule has 0 amide bonds. The highest BCUT2D eigenvalue weighted by atomic mass is 32.1. The molecule has 0 spiro atoms. The maximum Gasteiger partial charge on any atom is 0.0900 e. The first-order valence-corrected chi connectivity index (χ1v) is 8.03. The summed E-state index contributed by atoms with van der Waals surface area (Å²) in [6.07, 6.45) is 1.05. The predicted octanol–water partition coefficient (Wildman–Crippen LogP) is 4.35. The Labute approximate surface area is 126 Å². The highest BCUT2D eigenvalue weighted by Gasteiger charge is 2.15. The maximum atomic E-state index is 4.64. The summed E-state index contributed by atoms with van der Waals surface area (Å²) in [7, 11) is 0. The van der Waals surface area contributed by atoms with E-state index in [1.165, 1.54) is 21.7 Å². The van der Waals surface area contributed by atoms with E-state index >= 15 is 0 Å². The van der Waals surface area contributed by atoms with Crippen molar-refractivity contribution < 1.29 is 0 Å². The van der Waals surface area contributed by atoms with Crippen LogP contribution in [-0.2, 0) is 6.42 Å². The largest absolute Gasteiger partial charge is 0.306 e. The van der Waals surface area contributed by atoms with Crippen LogP contribution in [0.25, 0.3) is 0 Å². The van der Waals surface area contributed by atoms with E-state index in [1.54, 1.807) is 11.3 Å². The zero-order valence-electron chi connectivity index (χ0n) is 13.0. The van der Waals surface area contributed by atoms with Crippen molar-refractivity contribution >= 4 is 11.3 Å². The Bertz CT molecular complexity index is 574. The minimum Gasteiger partial charge on any atom is -0.306 e. The van der Waals surface area contributed by atoms with Crippen molar-refractivity contribution in [3.63, 3.8) is 0 Å². The lowest BCUT2D eigenvalue weighted by Gasteiger charge is -2.20. The molecule has 108 valence electrons. The van der Waals surface area contributed by atoms with Crippen LogP contribution in [0.5, 0.6) is 0 Å². The van der Waals surface area contributed by atoms with Gasteiger partial charge in [0.2, 0.25) is 0 Å². The van der Waals surface area contributed by atoms with Crippen LogP contribution < -0.4 is 5.32 Å². The van der Waals surface area contributed by atoms with Crippen LogP contribution in [0.3, 0.4) is 0 Å². The van der Waals surface area contributed by atoms with Crippen molar-refractivity contribution in [1.29, 1.82) is 0 Å². The smallest absolute Gasteiger partial charge is 0.0900 e. The molecule has 2 aromatic rings. The summed E-state index contributed by atoms with van der Waals surface area (Å²) >= 11 is 1.78. The van der Waals surface area contributed by atoms with Crippen molar-refractivity contribution in [3.8, 4) is 0 Å². The standard InChI is InChI=1S/C17H24N2S/c1-11-8-6-7-9-16(11)10-12(2)18-13(3)17-14(4)20-15(5)19-17/h6-9,12-13,18H,10H2,1-5H3. The molecule has 2 atom stereocenters. The normalized spacial score (nSPS) is 14.2. The Balaban J connectivity index is 1.99. The summed E-state index contributed by atoms with van der Waals surface area (Å²) in [6, 6.07) is 9.36. The van der Waals surface area contributed by atoms with Gasteiger partial charge in [-0.2, -0.15) is 0 Å². The van der Waals surface area contributed by atoms with Crippen molar-refractivity contribution in [1.82, 2.24) is 10.3 Å². The third kappa shape index (κ3) is 3.68. The second kappa shape index (κ2) is 6.51. The van der Waals surface area contributed by atoms with Gasteiger partial charge < -0.3 is 5.32 Å². The van der Waals surface area contributed by atoms with E-state index in [2.05, 4.69) is 69.2 Å². The molecule has 0 aliphatic carbocycles. The third-order valence-electron chi connectivity index (χ3n) is 3.67. The lowest BCUT2D eigenvalue weighted by Crippen LogP contribution is -2.31.